The van der Waals surface area contributed by atoms with Crippen molar-refractivity contribution in [2.45, 2.75) is 26.2 Å². The fourth-order valence-corrected chi connectivity index (χ4v) is 2.50. The number of likely N-dealkylation sites (N-methyl/N-ethyl adjacent to an activating group) is 1. The predicted octanol–water partition coefficient (Wildman–Crippen LogP) is 2.90. The average Bonchev–Trinajstić information content (AvgIpc) is 2.60. The SMILES string of the molecule is CNC(=O)Cc1c(O)c(C(=O)Nc2ccc(F)cc2)cc(C(C)C)c1O. The molecule has 6 nitrogen and oxygen atoms in total. The van der Waals surface area contributed by atoms with E-state index in [0.717, 1.165) is 0 Å². The first kappa shape index (κ1) is 19.2. The van der Waals surface area contributed by atoms with Gasteiger partial charge in [-0.15, -0.1) is 0 Å². The van der Waals surface area contributed by atoms with Crippen LogP contribution in [0, 0.1) is 5.82 Å². The van der Waals surface area contributed by atoms with Crippen LogP contribution in [0.25, 0.3) is 0 Å². The van der Waals surface area contributed by atoms with E-state index in [2.05, 4.69) is 10.6 Å². The molecule has 0 unspecified atom stereocenters. The number of benzene rings is 2. The van der Waals surface area contributed by atoms with E-state index >= 15 is 0 Å². The second kappa shape index (κ2) is 7.86. The summed E-state index contributed by atoms with van der Waals surface area (Å²) in [6.45, 7) is 3.63. The molecule has 0 saturated carbocycles. The molecule has 2 aromatic carbocycles. The fraction of sp³-hybridized carbons (Fsp3) is 0.263. The summed E-state index contributed by atoms with van der Waals surface area (Å²) < 4.78 is 13.0. The smallest absolute Gasteiger partial charge is 0.259 e. The number of anilines is 1. The summed E-state index contributed by atoms with van der Waals surface area (Å²) in [7, 11) is 1.44. The van der Waals surface area contributed by atoms with Crippen molar-refractivity contribution in [1.29, 1.82) is 0 Å². The van der Waals surface area contributed by atoms with Gasteiger partial charge >= 0.3 is 0 Å². The van der Waals surface area contributed by atoms with Gasteiger partial charge in [0.15, 0.2) is 0 Å². The first-order valence-corrected chi connectivity index (χ1v) is 8.09. The molecule has 0 fully saturated rings. The van der Waals surface area contributed by atoms with Crippen molar-refractivity contribution < 1.29 is 24.2 Å². The Hall–Kier alpha value is -3.09. The highest BCUT2D eigenvalue weighted by molar-refractivity contribution is 6.07. The van der Waals surface area contributed by atoms with Crippen LogP contribution >= 0.6 is 0 Å². The molecular formula is C19H21FN2O4. The molecule has 2 aromatic rings. The Balaban J connectivity index is 2.47. The quantitative estimate of drug-likeness (QED) is 0.659. The zero-order valence-corrected chi connectivity index (χ0v) is 14.8. The number of phenols is 2. The van der Waals surface area contributed by atoms with Gasteiger partial charge in [-0.25, -0.2) is 4.39 Å². The summed E-state index contributed by atoms with van der Waals surface area (Å²) in [5, 5.41) is 25.8. The maximum atomic E-state index is 13.0. The number of phenolic OH excluding ortho intramolecular Hbond substituents is 2. The average molecular weight is 360 g/mol. The van der Waals surface area contributed by atoms with Gasteiger partial charge < -0.3 is 20.8 Å². The van der Waals surface area contributed by atoms with Crippen molar-refractivity contribution in [2.75, 3.05) is 12.4 Å². The number of hydrogen-bond donors (Lipinski definition) is 4. The predicted molar refractivity (Wildman–Crippen MR) is 96.0 cm³/mol. The minimum Gasteiger partial charge on any atom is -0.507 e. The van der Waals surface area contributed by atoms with Crippen LogP contribution in [0.2, 0.25) is 0 Å². The van der Waals surface area contributed by atoms with Crippen molar-refractivity contribution in [3.63, 3.8) is 0 Å². The minimum atomic E-state index is -0.630. The summed E-state index contributed by atoms with van der Waals surface area (Å²) >= 11 is 0. The highest BCUT2D eigenvalue weighted by atomic mass is 19.1. The summed E-state index contributed by atoms with van der Waals surface area (Å²) in [6, 6.07) is 6.56. The highest BCUT2D eigenvalue weighted by Crippen LogP contribution is 2.38. The summed E-state index contributed by atoms with van der Waals surface area (Å²) in [5.41, 5.74) is 0.698. The summed E-state index contributed by atoms with van der Waals surface area (Å²) in [5.74, 6) is -2.30. The second-order valence-corrected chi connectivity index (χ2v) is 6.15. The van der Waals surface area contributed by atoms with Crippen LogP contribution in [0.4, 0.5) is 10.1 Å². The number of carbonyl (C=O) groups excluding carboxylic acids is 2. The summed E-state index contributed by atoms with van der Waals surface area (Å²) in [4.78, 5) is 24.3. The number of nitrogens with one attached hydrogen (secondary N) is 2. The topological polar surface area (TPSA) is 98.7 Å². The van der Waals surface area contributed by atoms with E-state index in [-0.39, 0.29) is 29.2 Å². The van der Waals surface area contributed by atoms with Gasteiger partial charge in [-0.1, -0.05) is 13.8 Å². The number of carbonyl (C=O) groups is 2. The van der Waals surface area contributed by atoms with Crippen molar-refractivity contribution in [1.82, 2.24) is 5.32 Å². The highest BCUT2D eigenvalue weighted by Gasteiger charge is 2.24. The largest absolute Gasteiger partial charge is 0.507 e. The van der Waals surface area contributed by atoms with Gasteiger partial charge in [0, 0.05) is 18.3 Å². The van der Waals surface area contributed by atoms with Gasteiger partial charge in [0.25, 0.3) is 5.91 Å². The molecule has 0 heterocycles. The number of rotatable bonds is 5. The van der Waals surface area contributed by atoms with E-state index in [4.69, 9.17) is 0 Å². The van der Waals surface area contributed by atoms with Crippen LogP contribution < -0.4 is 10.6 Å². The Morgan fingerprint density at radius 2 is 1.73 bits per heavy atom. The standard InChI is InChI=1S/C19H21FN2O4/c1-10(2)13-8-15(18(25)14(17(13)24)9-16(23)21-3)19(26)22-12-6-4-11(20)5-7-12/h4-8,10,24-25H,9H2,1-3H3,(H,21,23)(H,22,26). The van der Waals surface area contributed by atoms with Gasteiger partial charge in [0.2, 0.25) is 5.91 Å². The van der Waals surface area contributed by atoms with E-state index < -0.39 is 23.4 Å². The van der Waals surface area contributed by atoms with Crippen LogP contribution in [0.5, 0.6) is 11.5 Å². The van der Waals surface area contributed by atoms with Crippen molar-refractivity contribution in [3.8, 4) is 11.5 Å². The zero-order chi connectivity index (χ0) is 19.4. The molecule has 2 rings (SSSR count). The maximum Gasteiger partial charge on any atom is 0.259 e. The lowest BCUT2D eigenvalue weighted by molar-refractivity contribution is -0.120. The fourth-order valence-electron chi connectivity index (χ4n) is 2.50. The molecule has 4 N–H and O–H groups in total. The lowest BCUT2D eigenvalue weighted by Gasteiger charge is -2.17. The summed E-state index contributed by atoms with van der Waals surface area (Å²) in [6.07, 6.45) is -0.272. The Bertz CT molecular complexity index is 832. The van der Waals surface area contributed by atoms with Gasteiger partial charge in [-0.05, 0) is 41.8 Å². The van der Waals surface area contributed by atoms with Crippen LogP contribution in [0.1, 0.15) is 41.3 Å². The third-order valence-corrected chi connectivity index (χ3v) is 3.98. The third-order valence-electron chi connectivity index (χ3n) is 3.98. The van der Waals surface area contributed by atoms with Crippen LogP contribution in [-0.2, 0) is 11.2 Å². The van der Waals surface area contributed by atoms with Crippen molar-refractivity contribution in [3.05, 3.63) is 52.8 Å². The molecule has 0 bridgehead atoms. The number of halogens is 1. The minimum absolute atomic E-state index is 0.0141. The molecule has 0 saturated heterocycles. The zero-order valence-electron chi connectivity index (χ0n) is 14.8. The van der Waals surface area contributed by atoms with Gasteiger partial charge in [-0.2, -0.15) is 0 Å². The van der Waals surface area contributed by atoms with E-state index in [1.807, 2.05) is 13.8 Å². The van der Waals surface area contributed by atoms with Crippen LogP contribution in [0.3, 0.4) is 0 Å². The molecular weight excluding hydrogens is 339 g/mol. The van der Waals surface area contributed by atoms with Crippen LogP contribution in [-0.4, -0.2) is 29.1 Å². The molecule has 0 spiro atoms. The Labute approximate surface area is 150 Å². The molecule has 7 heteroatoms. The first-order chi connectivity index (χ1) is 12.2. The monoisotopic (exact) mass is 360 g/mol. The lowest BCUT2D eigenvalue weighted by Crippen LogP contribution is -2.21. The molecule has 26 heavy (non-hydrogen) atoms. The van der Waals surface area contributed by atoms with Crippen molar-refractivity contribution in [2.24, 2.45) is 0 Å². The Kier molecular flexibility index (Phi) is 5.82. The molecule has 0 atom stereocenters. The lowest BCUT2D eigenvalue weighted by atomic mass is 9.93. The molecule has 0 aliphatic carbocycles. The van der Waals surface area contributed by atoms with E-state index in [9.17, 15) is 24.2 Å². The molecule has 138 valence electrons. The molecule has 0 aliphatic heterocycles. The normalized spacial score (nSPS) is 10.7. The van der Waals surface area contributed by atoms with Gasteiger partial charge in [-0.3, -0.25) is 9.59 Å². The van der Waals surface area contributed by atoms with Crippen LogP contribution in [0.15, 0.2) is 30.3 Å². The van der Waals surface area contributed by atoms with Crippen molar-refractivity contribution >= 4 is 17.5 Å². The molecule has 2 amide bonds. The maximum absolute atomic E-state index is 13.0. The molecule has 0 aromatic heterocycles. The number of aromatic hydroxyl groups is 2. The molecule has 0 radical (unpaired) electrons. The van der Waals surface area contributed by atoms with Gasteiger partial charge in [0.05, 0.1) is 12.0 Å². The Morgan fingerprint density at radius 1 is 1.12 bits per heavy atom. The third kappa shape index (κ3) is 4.11. The number of amides is 2. The molecule has 0 aliphatic rings. The number of hydrogen-bond acceptors (Lipinski definition) is 4. The van der Waals surface area contributed by atoms with E-state index in [1.54, 1.807) is 0 Å². The second-order valence-electron chi connectivity index (χ2n) is 6.15. The van der Waals surface area contributed by atoms with Gasteiger partial charge in [0.1, 0.15) is 17.3 Å². The van der Waals surface area contributed by atoms with E-state index in [0.29, 0.717) is 11.3 Å². The first-order valence-electron chi connectivity index (χ1n) is 8.09. The Morgan fingerprint density at radius 3 is 2.27 bits per heavy atom. The van der Waals surface area contributed by atoms with E-state index in [1.165, 1.54) is 37.4 Å².